The predicted octanol–water partition coefficient (Wildman–Crippen LogP) is 4.62. The predicted molar refractivity (Wildman–Crippen MR) is 77.2 cm³/mol. The second kappa shape index (κ2) is 5.67. The molecule has 0 amide bonds. The number of hydrogen-bond acceptors (Lipinski definition) is 1. The van der Waals surface area contributed by atoms with Crippen LogP contribution in [0, 0.1) is 0 Å². The fourth-order valence-electron chi connectivity index (χ4n) is 2.18. The zero-order chi connectivity index (χ0) is 12.9. The lowest BCUT2D eigenvalue weighted by atomic mass is 9.80. The average Bonchev–Trinajstić information content (AvgIpc) is 2.69. The summed E-state index contributed by atoms with van der Waals surface area (Å²) in [6.07, 6.45) is 9.60. The first-order valence-corrected chi connectivity index (χ1v) is 6.06. The first-order chi connectivity index (χ1) is 8.06. The van der Waals surface area contributed by atoms with Crippen LogP contribution in [-0.2, 0) is 5.41 Å². The molecule has 0 atom stereocenters. The van der Waals surface area contributed by atoms with Crippen LogP contribution in [0.2, 0.25) is 0 Å². The van der Waals surface area contributed by atoms with Gasteiger partial charge in [-0.15, -0.1) is 0 Å². The summed E-state index contributed by atoms with van der Waals surface area (Å²) < 4.78 is 0. The molecule has 0 bridgehead atoms. The second-order valence-corrected chi connectivity index (χ2v) is 4.82. The van der Waals surface area contributed by atoms with Crippen LogP contribution in [0.4, 0.5) is 5.82 Å². The van der Waals surface area contributed by atoms with Gasteiger partial charge in [0.25, 0.3) is 0 Å². The monoisotopic (exact) mass is 230 g/mol. The Bertz CT molecular complexity index is 422. The lowest BCUT2D eigenvalue weighted by molar-refractivity contribution is 0.473. The van der Waals surface area contributed by atoms with Gasteiger partial charge in [-0.05, 0) is 17.4 Å². The summed E-state index contributed by atoms with van der Waals surface area (Å²) >= 11 is 0. The molecule has 92 valence electrons. The van der Waals surface area contributed by atoms with E-state index >= 15 is 0 Å². The molecule has 0 aliphatic rings. The molecule has 0 saturated carbocycles. The molecule has 2 heteroatoms. The number of allylic oxidation sites excluding steroid dienone is 1. The van der Waals surface area contributed by atoms with Gasteiger partial charge in [0.2, 0.25) is 0 Å². The van der Waals surface area contributed by atoms with Crippen molar-refractivity contribution in [3.05, 3.63) is 36.6 Å². The minimum absolute atomic E-state index is 0.150. The van der Waals surface area contributed by atoms with E-state index in [0.29, 0.717) is 0 Å². The van der Waals surface area contributed by atoms with E-state index in [2.05, 4.69) is 43.9 Å². The first kappa shape index (κ1) is 13.5. The van der Waals surface area contributed by atoms with Crippen molar-refractivity contribution in [2.24, 2.45) is 4.99 Å². The molecule has 0 aromatic carbocycles. The summed E-state index contributed by atoms with van der Waals surface area (Å²) in [4.78, 5) is 7.53. The first-order valence-electron chi connectivity index (χ1n) is 6.06. The van der Waals surface area contributed by atoms with Crippen molar-refractivity contribution < 1.29 is 0 Å². The van der Waals surface area contributed by atoms with Gasteiger partial charge in [-0.25, -0.2) is 4.99 Å². The van der Waals surface area contributed by atoms with E-state index < -0.39 is 0 Å². The molecule has 1 aromatic rings. The Morgan fingerprint density at radius 3 is 2.65 bits per heavy atom. The van der Waals surface area contributed by atoms with Crippen LogP contribution in [0.15, 0.2) is 30.4 Å². The number of nitrogens with zero attached hydrogens (tertiary/aromatic N) is 1. The van der Waals surface area contributed by atoms with Crippen molar-refractivity contribution in [1.82, 2.24) is 4.98 Å². The Morgan fingerprint density at radius 2 is 2.12 bits per heavy atom. The fraction of sp³-hybridized carbons (Fsp3) is 0.400. The number of hydrogen-bond donors (Lipinski definition) is 1. The van der Waals surface area contributed by atoms with Gasteiger partial charge in [0, 0.05) is 18.0 Å². The van der Waals surface area contributed by atoms with Crippen LogP contribution in [0.5, 0.6) is 0 Å². The van der Waals surface area contributed by atoms with E-state index in [4.69, 9.17) is 0 Å². The van der Waals surface area contributed by atoms with Gasteiger partial charge in [0.15, 0.2) is 0 Å². The minimum atomic E-state index is 0.150. The zero-order valence-electron chi connectivity index (χ0n) is 11.1. The number of rotatable bonds is 6. The third kappa shape index (κ3) is 2.96. The molecule has 1 heterocycles. The Hall–Kier alpha value is -1.57. The van der Waals surface area contributed by atoms with Gasteiger partial charge in [-0.1, -0.05) is 52.5 Å². The number of aromatic amines is 1. The molecule has 0 unspecified atom stereocenters. The average molecular weight is 230 g/mol. The third-order valence-electron chi connectivity index (χ3n) is 3.02. The van der Waals surface area contributed by atoms with Crippen LogP contribution < -0.4 is 0 Å². The van der Waals surface area contributed by atoms with Crippen LogP contribution in [0.1, 0.15) is 44.7 Å². The molecule has 0 saturated heterocycles. The van der Waals surface area contributed by atoms with E-state index in [0.717, 1.165) is 17.8 Å². The summed E-state index contributed by atoms with van der Waals surface area (Å²) in [7, 11) is 0. The molecule has 1 N–H and O–H groups in total. The van der Waals surface area contributed by atoms with Gasteiger partial charge in [0.1, 0.15) is 5.82 Å². The molecule has 1 rings (SSSR count). The lowest BCUT2D eigenvalue weighted by Crippen LogP contribution is -2.16. The topological polar surface area (TPSA) is 28.1 Å². The van der Waals surface area contributed by atoms with Crippen molar-refractivity contribution in [1.29, 1.82) is 0 Å². The van der Waals surface area contributed by atoms with E-state index in [1.807, 2.05) is 12.3 Å². The highest BCUT2D eigenvalue weighted by Crippen LogP contribution is 2.35. The van der Waals surface area contributed by atoms with E-state index in [9.17, 15) is 0 Å². The molecule has 2 nitrogen and oxygen atoms in total. The van der Waals surface area contributed by atoms with Gasteiger partial charge in [-0.2, -0.15) is 0 Å². The van der Waals surface area contributed by atoms with Crippen molar-refractivity contribution >= 4 is 18.1 Å². The number of nitrogens with one attached hydrogen (secondary N) is 1. The normalized spacial score (nSPS) is 11.9. The number of aliphatic imine (C=N–C) groups is 1. The molecule has 1 aromatic heterocycles. The van der Waals surface area contributed by atoms with Crippen molar-refractivity contribution in [3.63, 3.8) is 0 Å². The van der Waals surface area contributed by atoms with Crippen LogP contribution >= 0.6 is 0 Å². The Kier molecular flexibility index (Phi) is 4.50. The smallest absolute Gasteiger partial charge is 0.137 e. The number of aromatic nitrogens is 1. The summed E-state index contributed by atoms with van der Waals surface area (Å²) in [5, 5.41) is 0. The molecular weight excluding hydrogens is 208 g/mol. The maximum atomic E-state index is 4.32. The van der Waals surface area contributed by atoms with Gasteiger partial charge in [-0.3, -0.25) is 0 Å². The summed E-state index contributed by atoms with van der Waals surface area (Å²) in [6, 6.07) is 0. The SMILES string of the molecule is C=CC=Nc1[nH]cc(C(C)(C)CCC)c1C=C. The molecule has 0 spiro atoms. The molecule has 0 aliphatic heterocycles. The van der Waals surface area contributed by atoms with Crippen molar-refractivity contribution in [3.8, 4) is 0 Å². The molecule has 17 heavy (non-hydrogen) atoms. The van der Waals surface area contributed by atoms with Gasteiger partial charge in [0.05, 0.1) is 0 Å². The standard InChI is InChI=1S/C15H22N2/c1-6-9-15(4,5)13-11-17-14(12(13)8-3)16-10-7-2/h7-8,10-11,17H,2-3,6,9H2,1,4-5H3. The molecular formula is C15H22N2. The number of H-pyrrole nitrogens is 1. The fourth-order valence-corrected chi connectivity index (χ4v) is 2.18. The van der Waals surface area contributed by atoms with Crippen LogP contribution in [0.3, 0.4) is 0 Å². The minimum Gasteiger partial charge on any atom is -0.346 e. The highest BCUT2D eigenvalue weighted by molar-refractivity contribution is 5.76. The van der Waals surface area contributed by atoms with E-state index in [1.54, 1.807) is 12.3 Å². The van der Waals surface area contributed by atoms with Crippen LogP contribution in [-0.4, -0.2) is 11.2 Å². The summed E-state index contributed by atoms with van der Waals surface area (Å²) in [6.45, 7) is 14.2. The Morgan fingerprint density at radius 1 is 1.41 bits per heavy atom. The quantitative estimate of drug-likeness (QED) is 0.690. The van der Waals surface area contributed by atoms with Crippen molar-refractivity contribution in [2.75, 3.05) is 0 Å². The van der Waals surface area contributed by atoms with Crippen molar-refractivity contribution in [2.45, 2.75) is 39.0 Å². The Balaban J connectivity index is 3.18. The maximum absolute atomic E-state index is 4.32. The van der Waals surface area contributed by atoms with Crippen LogP contribution in [0.25, 0.3) is 6.08 Å². The zero-order valence-corrected chi connectivity index (χ0v) is 11.1. The second-order valence-electron chi connectivity index (χ2n) is 4.82. The van der Waals surface area contributed by atoms with E-state index in [1.165, 1.54) is 12.0 Å². The maximum Gasteiger partial charge on any atom is 0.137 e. The van der Waals surface area contributed by atoms with E-state index in [-0.39, 0.29) is 5.41 Å². The molecule has 0 fully saturated rings. The summed E-state index contributed by atoms with van der Waals surface area (Å²) in [5.41, 5.74) is 2.53. The molecule has 0 aliphatic carbocycles. The summed E-state index contributed by atoms with van der Waals surface area (Å²) in [5.74, 6) is 0.860. The third-order valence-corrected chi connectivity index (χ3v) is 3.02. The highest BCUT2D eigenvalue weighted by atomic mass is 14.9. The van der Waals surface area contributed by atoms with Gasteiger partial charge >= 0.3 is 0 Å². The highest BCUT2D eigenvalue weighted by Gasteiger charge is 2.24. The lowest BCUT2D eigenvalue weighted by Gasteiger charge is -2.24. The van der Waals surface area contributed by atoms with Gasteiger partial charge < -0.3 is 4.98 Å². The largest absolute Gasteiger partial charge is 0.346 e. The molecule has 0 radical (unpaired) electrons. The Labute approximate surface area is 104 Å².